The predicted octanol–water partition coefficient (Wildman–Crippen LogP) is 3.64. The fraction of sp³-hybridized carbons (Fsp3) is 0.412. The Morgan fingerprint density at radius 3 is 2.74 bits per heavy atom. The van der Waals surface area contributed by atoms with Gasteiger partial charge in [0.25, 0.3) is 0 Å². The maximum absolute atomic E-state index is 13.0. The number of benzene rings is 1. The van der Waals surface area contributed by atoms with E-state index in [1.807, 2.05) is 0 Å². The first-order chi connectivity index (χ1) is 12.7. The highest BCUT2D eigenvalue weighted by atomic mass is 35.5. The molecule has 146 valence electrons. The van der Waals surface area contributed by atoms with Crippen LogP contribution in [0.1, 0.15) is 24.3 Å². The molecule has 0 unspecified atom stereocenters. The average molecular weight is 432 g/mol. The normalized spacial score (nSPS) is 18.4. The third-order valence-electron chi connectivity index (χ3n) is 4.53. The van der Waals surface area contributed by atoms with E-state index < -0.39 is 15.9 Å². The summed E-state index contributed by atoms with van der Waals surface area (Å²) >= 11 is 12.1. The molecule has 0 radical (unpaired) electrons. The van der Waals surface area contributed by atoms with E-state index in [1.54, 1.807) is 32.0 Å². The van der Waals surface area contributed by atoms with Gasteiger partial charge < -0.3 is 9.84 Å². The molecular formula is C17H19Cl2N3O4S. The van der Waals surface area contributed by atoms with Gasteiger partial charge in [-0.2, -0.15) is 4.31 Å². The minimum absolute atomic E-state index is 0.0708. The van der Waals surface area contributed by atoms with Crippen LogP contribution in [0.5, 0.6) is 0 Å². The van der Waals surface area contributed by atoms with Crippen molar-refractivity contribution in [2.45, 2.75) is 31.6 Å². The highest BCUT2D eigenvalue weighted by Gasteiger charge is 2.36. The van der Waals surface area contributed by atoms with Crippen molar-refractivity contribution in [3.8, 4) is 0 Å². The van der Waals surface area contributed by atoms with Gasteiger partial charge in [-0.1, -0.05) is 34.4 Å². The number of aromatic nitrogens is 1. The van der Waals surface area contributed by atoms with Gasteiger partial charge in [0, 0.05) is 13.1 Å². The summed E-state index contributed by atoms with van der Waals surface area (Å²) in [6, 6.07) is 4.95. The summed E-state index contributed by atoms with van der Waals surface area (Å²) < 4.78 is 32.2. The van der Waals surface area contributed by atoms with E-state index in [9.17, 15) is 13.2 Å². The molecule has 2 aromatic rings. The zero-order chi connectivity index (χ0) is 19.8. The Kier molecular flexibility index (Phi) is 5.81. The topological polar surface area (TPSA) is 92.5 Å². The van der Waals surface area contributed by atoms with Gasteiger partial charge >= 0.3 is 0 Å². The lowest BCUT2D eigenvalue weighted by Crippen LogP contribution is -2.43. The van der Waals surface area contributed by atoms with Crippen LogP contribution in [0.4, 0.5) is 5.69 Å². The predicted molar refractivity (Wildman–Crippen MR) is 103 cm³/mol. The van der Waals surface area contributed by atoms with Crippen LogP contribution in [0.15, 0.2) is 27.6 Å². The van der Waals surface area contributed by atoms with Crippen molar-refractivity contribution < 1.29 is 17.7 Å². The number of hydrogen-bond donors (Lipinski definition) is 1. The summed E-state index contributed by atoms with van der Waals surface area (Å²) in [7, 11) is -3.78. The van der Waals surface area contributed by atoms with Crippen LogP contribution in [-0.2, 0) is 14.8 Å². The fourth-order valence-electron chi connectivity index (χ4n) is 3.18. The van der Waals surface area contributed by atoms with Gasteiger partial charge in [0.1, 0.15) is 10.6 Å². The number of sulfonamides is 1. The summed E-state index contributed by atoms with van der Waals surface area (Å²) in [5, 5.41) is 7.05. The second-order valence-corrected chi connectivity index (χ2v) is 9.11. The van der Waals surface area contributed by atoms with Gasteiger partial charge in [-0.15, -0.1) is 0 Å². The number of carbonyl (C=O) groups is 1. The van der Waals surface area contributed by atoms with E-state index in [0.29, 0.717) is 35.8 Å². The van der Waals surface area contributed by atoms with Crippen molar-refractivity contribution in [3.63, 3.8) is 0 Å². The third-order valence-corrected chi connectivity index (χ3v) is 7.46. The molecule has 0 bridgehead atoms. The van der Waals surface area contributed by atoms with Crippen LogP contribution in [0.3, 0.4) is 0 Å². The summed E-state index contributed by atoms with van der Waals surface area (Å²) in [4.78, 5) is 12.7. The Bertz CT molecular complexity index is 955. The number of rotatable bonds is 4. The molecule has 1 aromatic heterocycles. The Hall–Kier alpha value is -1.61. The van der Waals surface area contributed by atoms with Gasteiger partial charge in [-0.05, 0) is 38.8 Å². The Morgan fingerprint density at radius 1 is 1.33 bits per heavy atom. The van der Waals surface area contributed by atoms with Gasteiger partial charge in [-0.25, -0.2) is 8.42 Å². The molecule has 0 aliphatic carbocycles. The number of nitrogens with zero attached hydrogens (tertiary/aromatic N) is 2. The van der Waals surface area contributed by atoms with Crippen molar-refractivity contribution in [3.05, 3.63) is 39.7 Å². The van der Waals surface area contributed by atoms with Crippen LogP contribution in [0.2, 0.25) is 10.0 Å². The number of anilines is 1. The monoisotopic (exact) mass is 431 g/mol. The first-order valence-corrected chi connectivity index (χ1v) is 10.6. The van der Waals surface area contributed by atoms with Gasteiger partial charge in [0.2, 0.25) is 15.9 Å². The minimum atomic E-state index is -3.78. The summed E-state index contributed by atoms with van der Waals surface area (Å²) in [5.41, 5.74) is 0.713. The molecule has 2 heterocycles. The molecule has 7 nitrogen and oxygen atoms in total. The molecule has 1 amide bonds. The molecule has 3 rings (SSSR count). The molecule has 1 aliphatic heterocycles. The van der Waals surface area contributed by atoms with Crippen LogP contribution in [0.25, 0.3) is 0 Å². The lowest BCUT2D eigenvalue weighted by Gasteiger charge is -2.31. The largest absolute Gasteiger partial charge is 0.360 e. The third kappa shape index (κ3) is 3.99. The quantitative estimate of drug-likeness (QED) is 0.797. The molecule has 1 N–H and O–H groups in total. The minimum Gasteiger partial charge on any atom is -0.360 e. The molecule has 1 aromatic carbocycles. The standard InChI is InChI=1S/C17H19Cl2N3O4S/c1-10-16(11(2)26-21-10)27(24,25)22-8-4-5-12(9-22)17(23)20-14-7-3-6-13(18)15(14)19/h3,6-7,12H,4-5,8-9H2,1-2H3,(H,20,23)/t12-/m1/s1. The van der Waals surface area contributed by atoms with Gasteiger partial charge in [-0.3, -0.25) is 4.79 Å². The summed E-state index contributed by atoms with van der Waals surface area (Å²) in [5.74, 6) is -0.549. The van der Waals surface area contributed by atoms with Gasteiger partial charge in [0.15, 0.2) is 5.76 Å². The molecule has 0 spiro atoms. The number of amides is 1. The number of piperidine rings is 1. The highest BCUT2D eigenvalue weighted by molar-refractivity contribution is 7.89. The zero-order valence-electron chi connectivity index (χ0n) is 14.8. The maximum atomic E-state index is 13.0. The first kappa shape index (κ1) is 20.1. The summed E-state index contributed by atoms with van der Waals surface area (Å²) in [6.07, 6.45) is 1.15. The molecule has 10 heteroatoms. The first-order valence-electron chi connectivity index (χ1n) is 8.39. The maximum Gasteiger partial charge on any atom is 0.248 e. The van der Waals surface area contributed by atoms with E-state index in [1.165, 1.54) is 4.31 Å². The fourth-order valence-corrected chi connectivity index (χ4v) is 5.34. The van der Waals surface area contributed by atoms with Gasteiger partial charge in [0.05, 0.1) is 21.7 Å². The van der Waals surface area contributed by atoms with Crippen LogP contribution in [-0.4, -0.2) is 36.9 Å². The van der Waals surface area contributed by atoms with Crippen molar-refractivity contribution in [1.29, 1.82) is 0 Å². The van der Waals surface area contributed by atoms with E-state index in [-0.39, 0.29) is 28.1 Å². The molecule has 27 heavy (non-hydrogen) atoms. The average Bonchev–Trinajstić information content (AvgIpc) is 2.98. The second kappa shape index (κ2) is 7.79. The highest BCUT2D eigenvalue weighted by Crippen LogP contribution is 2.31. The molecule has 1 aliphatic rings. The molecular weight excluding hydrogens is 413 g/mol. The van der Waals surface area contributed by atoms with E-state index >= 15 is 0 Å². The Labute approximate surface area is 167 Å². The van der Waals surface area contributed by atoms with Crippen molar-refractivity contribution in [2.24, 2.45) is 5.92 Å². The molecule has 1 atom stereocenters. The zero-order valence-corrected chi connectivity index (χ0v) is 17.2. The molecule has 1 fully saturated rings. The number of carbonyl (C=O) groups excluding carboxylic acids is 1. The number of hydrogen-bond acceptors (Lipinski definition) is 5. The lowest BCUT2D eigenvalue weighted by atomic mass is 9.99. The number of halogens is 2. The smallest absolute Gasteiger partial charge is 0.248 e. The van der Waals surface area contributed by atoms with Crippen LogP contribution >= 0.6 is 23.2 Å². The summed E-state index contributed by atoms with van der Waals surface area (Å²) in [6.45, 7) is 3.56. The second-order valence-electron chi connectivity index (χ2n) is 6.45. The van der Waals surface area contributed by atoms with Crippen molar-refractivity contribution >= 4 is 44.8 Å². The SMILES string of the molecule is Cc1noc(C)c1S(=O)(=O)N1CCC[C@@H](C(=O)Nc2cccc(Cl)c2Cl)C1. The number of aryl methyl sites for hydroxylation is 2. The molecule has 1 saturated heterocycles. The lowest BCUT2D eigenvalue weighted by molar-refractivity contribution is -0.120. The Morgan fingerprint density at radius 2 is 2.07 bits per heavy atom. The Balaban J connectivity index is 1.78. The molecule has 0 saturated carbocycles. The number of nitrogens with one attached hydrogen (secondary N) is 1. The van der Waals surface area contributed by atoms with Crippen molar-refractivity contribution in [1.82, 2.24) is 9.46 Å². The van der Waals surface area contributed by atoms with E-state index in [0.717, 1.165) is 0 Å². The van der Waals surface area contributed by atoms with E-state index in [2.05, 4.69) is 10.5 Å². The van der Waals surface area contributed by atoms with Crippen molar-refractivity contribution in [2.75, 3.05) is 18.4 Å². The van der Waals surface area contributed by atoms with Crippen LogP contribution in [0, 0.1) is 19.8 Å². The van der Waals surface area contributed by atoms with Crippen LogP contribution < -0.4 is 5.32 Å². The van der Waals surface area contributed by atoms with E-state index in [4.69, 9.17) is 27.7 Å².